The monoisotopic (exact) mass is 432 g/mol. The van der Waals surface area contributed by atoms with Gasteiger partial charge >= 0.3 is 12.2 Å². The molecule has 0 aliphatic carbocycles. The standard InChI is InChI=1S/C24H36N2O5/c1-24(2,3)31-23(28)26-13-9-20(10-14-26)17-29-21-11-15-25(16-12-21)22(27)30-18-19-7-5-4-6-8-19/h4-8,20-21H,9-18H2,1-3H3. The summed E-state index contributed by atoms with van der Waals surface area (Å²) in [4.78, 5) is 28.0. The van der Waals surface area contributed by atoms with Crippen molar-refractivity contribution in [2.75, 3.05) is 32.8 Å². The van der Waals surface area contributed by atoms with Crippen LogP contribution in [0.5, 0.6) is 0 Å². The minimum Gasteiger partial charge on any atom is -0.445 e. The molecular formula is C24H36N2O5. The fourth-order valence-corrected chi connectivity index (χ4v) is 3.90. The van der Waals surface area contributed by atoms with Crippen LogP contribution in [0.2, 0.25) is 0 Å². The largest absolute Gasteiger partial charge is 0.445 e. The molecule has 2 aliphatic heterocycles. The Balaban J connectivity index is 1.29. The molecule has 2 aliphatic rings. The molecule has 0 radical (unpaired) electrons. The lowest BCUT2D eigenvalue weighted by molar-refractivity contribution is -0.0232. The SMILES string of the molecule is CC(C)(C)OC(=O)N1CCC(COC2CCN(C(=O)OCc3ccccc3)CC2)CC1. The predicted molar refractivity (Wildman–Crippen MR) is 118 cm³/mol. The van der Waals surface area contributed by atoms with E-state index in [1.54, 1.807) is 9.80 Å². The fraction of sp³-hybridized carbons (Fsp3) is 0.667. The van der Waals surface area contributed by atoms with E-state index in [-0.39, 0.29) is 18.3 Å². The van der Waals surface area contributed by atoms with Gasteiger partial charge in [0.05, 0.1) is 6.10 Å². The smallest absolute Gasteiger partial charge is 0.410 e. The van der Waals surface area contributed by atoms with Gasteiger partial charge in [-0.2, -0.15) is 0 Å². The van der Waals surface area contributed by atoms with Gasteiger partial charge in [0, 0.05) is 32.8 Å². The summed E-state index contributed by atoms with van der Waals surface area (Å²) >= 11 is 0. The number of nitrogens with zero attached hydrogens (tertiary/aromatic N) is 2. The van der Waals surface area contributed by atoms with E-state index in [0.717, 1.165) is 31.2 Å². The second kappa shape index (κ2) is 10.8. The molecule has 0 atom stereocenters. The number of piperidine rings is 2. The van der Waals surface area contributed by atoms with Gasteiger partial charge in [-0.25, -0.2) is 9.59 Å². The third kappa shape index (κ3) is 7.73. The van der Waals surface area contributed by atoms with Crippen molar-refractivity contribution in [3.05, 3.63) is 35.9 Å². The maximum Gasteiger partial charge on any atom is 0.410 e. The van der Waals surface area contributed by atoms with Crippen LogP contribution in [0.4, 0.5) is 9.59 Å². The number of hydrogen-bond donors (Lipinski definition) is 0. The number of ether oxygens (including phenoxy) is 3. The normalized spacial score (nSPS) is 18.7. The minimum absolute atomic E-state index is 0.182. The Kier molecular flexibility index (Phi) is 8.18. The second-order valence-electron chi connectivity index (χ2n) is 9.47. The van der Waals surface area contributed by atoms with Crippen LogP contribution in [0.1, 0.15) is 52.0 Å². The first-order valence-electron chi connectivity index (χ1n) is 11.4. The van der Waals surface area contributed by atoms with Crippen LogP contribution in [0.25, 0.3) is 0 Å². The van der Waals surface area contributed by atoms with Crippen LogP contribution in [0, 0.1) is 5.92 Å². The van der Waals surface area contributed by atoms with E-state index in [1.165, 1.54) is 0 Å². The molecule has 1 aromatic rings. The summed E-state index contributed by atoms with van der Waals surface area (Å²) < 4.78 is 17.0. The molecule has 3 rings (SSSR count). The van der Waals surface area contributed by atoms with Gasteiger partial charge < -0.3 is 24.0 Å². The number of amides is 2. The van der Waals surface area contributed by atoms with Gasteiger partial charge in [-0.1, -0.05) is 30.3 Å². The van der Waals surface area contributed by atoms with Gasteiger partial charge in [-0.3, -0.25) is 0 Å². The van der Waals surface area contributed by atoms with E-state index < -0.39 is 5.60 Å². The lowest BCUT2D eigenvalue weighted by Crippen LogP contribution is -2.43. The van der Waals surface area contributed by atoms with Crippen LogP contribution in [-0.2, 0) is 20.8 Å². The Bertz CT molecular complexity index is 702. The Morgan fingerprint density at radius 3 is 2.10 bits per heavy atom. The Morgan fingerprint density at radius 1 is 0.903 bits per heavy atom. The summed E-state index contributed by atoms with van der Waals surface area (Å²) in [6, 6.07) is 9.72. The topological polar surface area (TPSA) is 68.3 Å². The van der Waals surface area contributed by atoms with Gasteiger partial charge in [0.2, 0.25) is 0 Å². The molecule has 0 saturated carbocycles. The van der Waals surface area contributed by atoms with Crippen molar-refractivity contribution in [3.63, 3.8) is 0 Å². The van der Waals surface area contributed by atoms with Crippen molar-refractivity contribution in [1.82, 2.24) is 9.80 Å². The molecule has 0 spiro atoms. The highest BCUT2D eigenvalue weighted by Crippen LogP contribution is 2.22. The molecule has 7 nitrogen and oxygen atoms in total. The summed E-state index contributed by atoms with van der Waals surface area (Å²) in [5.41, 5.74) is 0.534. The summed E-state index contributed by atoms with van der Waals surface area (Å²) in [5, 5.41) is 0. The first-order chi connectivity index (χ1) is 14.8. The van der Waals surface area contributed by atoms with E-state index in [2.05, 4.69) is 0 Å². The predicted octanol–water partition coefficient (Wildman–Crippen LogP) is 4.45. The number of carbonyl (C=O) groups excluding carboxylic acids is 2. The third-order valence-electron chi connectivity index (χ3n) is 5.74. The average molecular weight is 433 g/mol. The van der Waals surface area contributed by atoms with Crippen LogP contribution < -0.4 is 0 Å². The maximum atomic E-state index is 12.3. The molecule has 31 heavy (non-hydrogen) atoms. The summed E-state index contributed by atoms with van der Waals surface area (Å²) in [7, 11) is 0. The molecule has 2 amide bonds. The highest BCUT2D eigenvalue weighted by atomic mass is 16.6. The van der Waals surface area contributed by atoms with E-state index in [0.29, 0.717) is 45.3 Å². The van der Waals surface area contributed by atoms with Crippen LogP contribution in [0.15, 0.2) is 30.3 Å². The van der Waals surface area contributed by atoms with Gasteiger partial charge in [0.15, 0.2) is 0 Å². The minimum atomic E-state index is -0.458. The Hall–Kier alpha value is -2.28. The Labute approximate surface area is 185 Å². The number of likely N-dealkylation sites (tertiary alicyclic amines) is 2. The zero-order chi connectivity index (χ0) is 22.3. The van der Waals surface area contributed by atoms with Crippen molar-refractivity contribution in [1.29, 1.82) is 0 Å². The number of benzene rings is 1. The molecule has 172 valence electrons. The number of hydrogen-bond acceptors (Lipinski definition) is 5. The maximum absolute atomic E-state index is 12.3. The van der Waals surface area contributed by atoms with Gasteiger partial charge in [-0.15, -0.1) is 0 Å². The van der Waals surface area contributed by atoms with Gasteiger partial charge in [0.1, 0.15) is 12.2 Å². The molecule has 0 aromatic heterocycles. The number of rotatable bonds is 5. The molecule has 1 aromatic carbocycles. The van der Waals surface area contributed by atoms with E-state index in [9.17, 15) is 9.59 Å². The van der Waals surface area contributed by atoms with Crippen LogP contribution in [-0.4, -0.2) is 66.5 Å². The molecule has 2 saturated heterocycles. The molecular weight excluding hydrogens is 396 g/mol. The molecule has 7 heteroatoms. The first kappa shape index (κ1) is 23.4. The highest BCUT2D eigenvalue weighted by molar-refractivity contribution is 5.68. The van der Waals surface area contributed by atoms with Gasteiger partial charge in [-0.05, 0) is 57.9 Å². The quantitative estimate of drug-likeness (QED) is 0.688. The summed E-state index contributed by atoms with van der Waals surface area (Å²) in [6.45, 7) is 9.44. The molecule has 2 heterocycles. The first-order valence-corrected chi connectivity index (χ1v) is 11.4. The van der Waals surface area contributed by atoms with E-state index in [4.69, 9.17) is 14.2 Å². The zero-order valence-corrected chi connectivity index (χ0v) is 19.0. The van der Waals surface area contributed by atoms with Crippen molar-refractivity contribution >= 4 is 12.2 Å². The van der Waals surface area contributed by atoms with E-state index in [1.807, 2.05) is 51.1 Å². The lowest BCUT2D eigenvalue weighted by Gasteiger charge is -2.35. The highest BCUT2D eigenvalue weighted by Gasteiger charge is 2.29. The van der Waals surface area contributed by atoms with Crippen molar-refractivity contribution in [2.45, 2.75) is 64.8 Å². The molecule has 0 bridgehead atoms. The number of carbonyl (C=O) groups is 2. The molecule has 0 unspecified atom stereocenters. The fourth-order valence-electron chi connectivity index (χ4n) is 3.90. The average Bonchev–Trinajstić information content (AvgIpc) is 2.76. The third-order valence-corrected chi connectivity index (χ3v) is 5.74. The van der Waals surface area contributed by atoms with Crippen molar-refractivity contribution < 1.29 is 23.8 Å². The summed E-state index contributed by atoms with van der Waals surface area (Å²) in [6.07, 6.45) is 3.24. The molecule has 0 N–H and O–H groups in total. The second-order valence-corrected chi connectivity index (χ2v) is 9.47. The van der Waals surface area contributed by atoms with Crippen molar-refractivity contribution in [3.8, 4) is 0 Å². The van der Waals surface area contributed by atoms with E-state index >= 15 is 0 Å². The summed E-state index contributed by atoms with van der Waals surface area (Å²) in [5.74, 6) is 0.465. The zero-order valence-electron chi connectivity index (χ0n) is 19.0. The molecule has 2 fully saturated rings. The van der Waals surface area contributed by atoms with Crippen molar-refractivity contribution in [2.24, 2.45) is 5.92 Å². The lowest BCUT2D eigenvalue weighted by atomic mass is 9.98. The van der Waals surface area contributed by atoms with Gasteiger partial charge in [0.25, 0.3) is 0 Å². The van der Waals surface area contributed by atoms with Crippen LogP contribution >= 0.6 is 0 Å². The van der Waals surface area contributed by atoms with Crippen LogP contribution in [0.3, 0.4) is 0 Å². The Morgan fingerprint density at radius 2 is 1.48 bits per heavy atom.